The number of sulfonamides is 1. The number of carbonyl (C=O) groups excluding carboxylic acids is 1. The fourth-order valence-corrected chi connectivity index (χ4v) is 4.87. The molecule has 168 valence electrons. The van der Waals surface area contributed by atoms with Crippen LogP contribution in [0.15, 0.2) is 51.8 Å². The van der Waals surface area contributed by atoms with Gasteiger partial charge in [0.25, 0.3) is 5.91 Å². The maximum Gasteiger partial charge on any atom is 0.322 e. The Hall–Kier alpha value is -3.08. The monoisotopic (exact) mass is 456 g/mol. The van der Waals surface area contributed by atoms with E-state index in [1.165, 1.54) is 34.1 Å². The van der Waals surface area contributed by atoms with E-state index in [1.807, 2.05) is 26.0 Å². The van der Waals surface area contributed by atoms with Gasteiger partial charge in [-0.1, -0.05) is 28.9 Å². The highest BCUT2D eigenvalue weighted by atomic mass is 32.2. The van der Waals surface area contributed by atoms with Crippen LogP contribution < -0.4 is 5.32 Å². The van der Waals surface area contributed by atoms with Crippen molar-refractivity contribution in [3.63, 3.8) is 0 Å². The predicted octanol–water partition coefficient (Wildman–Crippen LogP) is 2.55. The highest BCUT2D eigenvalue weighted by Crippen LogP contribution is 2.19. The van der Waals surface area contributed by atoms with Crippen LogP contribution in [0.25, 0.3) is 0 Å². The highest BCUT2D eigenvalue weighted by molar-refractivity contribution is 7.89. The van der Waals surface area contributed by atoms with E-state index in [0.29, 0.717) is 38.6 Å². The van der Waals surface area contributed by atoms with Gasteiger partial charge in [-0.3, -0.25) is 10.1 Å². The van der Waals surface area contributed by atoms with E-state index in [-0.39, 0.29) is 16.5 Å². The molecule has 2 heterocycles. The summed E-state index contributed by atoms with van der Waals surface area (Å²) in [4.78, 5) is 12.6. The van der Waals surface area contributed by atoms with Crippen LogP contribution in [-0.4, -0.2) is 55.1 Å². The second kappa shape index (κ2) is 9.19. The number of hydrogen-bond acceptors (Lipinski definition) is 7. The average molecular weight is 457 g/mol. The summed E-state index contributed by atoms with van der Waals surface area (Å²) in [5.74, 6) is -0.0822. The van der Waals surface area contributed by atoms with Crippen molar-refractivity contribution in [2.24, 2.45) is 0 Å². The first kappa shape index (κ1) is 22.1. The van der Waals surface area contributed by atoms with Crippen LogP contribution >= 0.6 is 0 Å². The van der Waals surface area contributed by atoms with E-state index in [2.05, 4.69) is 21.6 Å². The van der Waals surface area contributed by atoms with Gasteiger partial charge in [-0.05, 0) is 49.2 Å². The Kier molecular flexibility index (Phi) is 6.35. The van der Waals surface area contributed by atoms with Crippen LogP contribution in [0.4, 0.5) is 6.01 Å². The summed E-state index contributed by atoms with van der Waals surface area (Å²) in [6, 6.07) is 11.8. The summed E-state index contributed by atoms with van der Waals surface area (Å²) in [6.07, 6.45) is 0.461. The molecule has 1 fully saturated rings. The number of nitrogens with zero attached hydrogens (tertiary/aromatic N) is 3. The molecule has 32 heavy (non-hydrogen) atoms. The number of amides is 1. The van der Waals surface area contributed by atoms with Crippen LogP contribution in [0.1, 0.15) is 32.9 Å². The standard InChI is InChI=1S/C22H24N4O5S/c1-15-3-4-18(16(2)13-15)14-20-24-25-22(31-20)23-21(27)17-5-7-19(8-6-17)32(28,29)26-9-11-30-12-10-26/h3-8,13H,9-12,14H2,1-2H3,(H,23,25,27). The zero-order valence-corrected chi connectivity index (χ0v) is 18.7. The van der Waals surface area contributed by atoms with Crippen LogP contribution in [0.5, 0.6) is 0 Å². The third kappa shape index (κ3) is 4.87. The topological polar surface area (TPSA) is 115 Å². The number of hydrogen-bond donors (Lipinski definition) is 1. The fourth-order valence-electron chi connectivity index (χ4n) is 3.47. The number of benzene rings is 2. The predicted molar refractivity (Wildman–Crippen MR) is 117 cm³/mol. The zero-order chi connectivity index (χ0) is 22.7. The van der Waals surface area contributed by atoms with E-state index in [4.69, 9.17) is 9.15 Å². The molecule has 0 unspecified atom stereocenters. The lowest BCUT2D eigenvalue weighted by Crippen LogP contribution is -2.40. The van der Waals surface area contributed by atoms with Gasteiger partial charge < -0.3 is 9.15 Å². The number of rotatable bonds is 6. The first-order chi connectivity index (χ1) is 15.3. The Morgan fingerprint density at radius 2 is 1.78 bits per heavy atom. The van der Waals surface area contributed by atoms with Crippen molar-refractivity contribution in [1.29, 1.82) is 0 Å². The quantitative estimate of drug-likeness (QED) is 0.606. The van der Waals surface area contributed by atoms with Gasteiger partial charge in [0.1, 0.15) is 0 Å². The molecule has 1 aliphatic heterocycles. The minimum absolute atomic E-state index is 0.0141. The van der Waals surface area contributed by atoms with Gasteiger partial charge in [-0.2, -0.15) is 4.31 Å². The second-order valence-corrected chi connectivity index (χ2v) is 9.54. The summed E-state index contributed by atoms with van der Waals surface area (Å²) in [6.45, 7) is 5.41. The molecule has 1 N–H and O–H groups in total. The highest BCUT2D eigenvalue weighted by Gasteiger charge is 2.26. The SMILES string of the molecule is Cc1ccc(Cc2nnc(NC(=O)c3ccc(S(=O)(=O)N4CCOCC4)cc3)o2)c(C)c1. The summed E-state index contributed by atoms with van der Waals surface area (Å²) in [5.41, 5.74) is 3.64. The molecule has 0 bridgehead atoms. The average Bonchev–Trinajstić information content (AvgIpc) is 3.23. The Morgan fingerprint density at radius 3 is 2.47 bits per heavy atom. The molecule has 1 saturated heterocycles. The smallest absolute Gasteiger partial charge is 0.322 e. The molecule has 0 saturated carbocycles. The van der Waals surface area contributed by atoms with E-state index in [0.717, 1.165) is 11.1 Å². The van der Waals surface area contributed by atoms with Crippen molar-refractivity contribution in [2.45, 2.75) is 25.2 Å². The van der Waals surface area contributed by atoms with Crippen molar-refractivity contribution in [3.05, 3.63) is 70.6 Å². The summed E-state index contributed by atoms with van der Waals surface area (Å²) >= 11 is 0. The van der Waals surface area contributed by atoms with E-state index < -0.39 is 15.9 Å². The van der Waals surface area contributed by atoms with E-state index >= 15 is 0 Å². The van der Waals surface area contributed by atoms with Gasteiger partial charge in [-0.15, -0.1) is 5.10 Å². The van der Waals surface area contributed by atoms with Gasteiger partial charge in [0.15, 0.2) is 0 Å². The van der Waals surface area contributed by atoms with Crippen LogP contribution in [-0.2, 0) is 21.2 Å². The van der Waals surface area contributed by atoms with Gasteiger partial charge in [-0.25, -0.2) is 8.42 Å². The van der Waals surface area contributed by atoms with Crippen molar-refractivity contribution in [1.82, 2.24) is 14.5 Å². The normalized spacial score (nSPS) is 14.9. The molecule has 0 radical (unpaired) electrons. The Labute approximate surface area is 186 Å². The minimum atomic E-state index is -3.62. The Balaban J connectivity index is 1.41. The van der Waals surface area contributed by atoms with Crippen molar-refractivity contribution >= 4 is 21.9 Å². The van der Waals surface area contributed by atoms with Gasteiger partial charge in [0, 0.05) is 18.7 Å². The number of nitrogens with one attached hydrogen (secondary N) is 1. The van der Waals surface area contributed by atoms with E-state index in [1.54, 1.807) is 0 Å². The fraction of sp³-hybridized carbons (Fsp3) is 0.318. The molecule has 1 amide bonds. The lowest BCUT2D eigenvalue weighted by atomic mass is 10.0. The maximum absolute atomic E-state index is 12.7. The number of aryl methyl sites for hydroxylation is 2. The van der Waals surface area contributed by atoms with Crippen molar-refractivity contribution < 1.29 is 22.4 Å². The van der Waals surface area contributed by atoms with Crippen molar-refractivity contribution in [3.8, 4) is 0 Å². The van der Waals surface area contributed by atoms with Gasteiger partial charge in [0.05, 0.1) is 24.5 Å². The number of ether oxygens (including phenoxy) is 1. The molecule has 0 atom stereocenters. The van der Waals surface area contributed by atoms with Gasteiger partial charge >= 0.3 is 6.01 Å². The molecular weight excluding hydrogens is 432 g/mol. The van der Waals surface area contributed by atoms with Crippen LogP contribution in [0.2, 0.25) is 0 Å². The second-order valence-electron chi connectivity index (χ2n) is 7.60. The summed E-state index contributed by atoms with van der Waals surface area (Å²) in [7, 11) is -3.62. The molecule has 4 rings (SSSR count). The third-order valence-corrected chi connectivity index (χ3v) is 7.16. The van der Waals surface area contributed by atoms with Crippen molar-refractivity contribution in [2.75, 3.05) is 31.6 Å². The molecule has 3 aromatic rings. The Bertz CT molecular complexity index is 1220. The van der Waals surface area contributed by atoms with Crippen LogP contribution in [0, 0.1) is 13.8 Å². The molecule has 0 spiro atoms. The summed E-state index contributed by atoms with van der Waals surface area (Å²) in [5, 5.41) is 10.4. The third-order valence-electron chi connectivity index (χ3n) is 5.25. The minimum Gasteiger partial charge on any atom is -0.407 e. The lowest BCUT2D eigenvalue weighted by Gasteiger charge is -2.26. The number of anilines is 1. The van der Waals surface area contributed by atoms with E-state index in [9.17, 15) is 13.2 Å². The Morgan fingerprint density at radius 1 is 1.06 bits per heavy atom. The maximum atomic E-state index is 12.7. The zero-order valence-electron chi connectivity index (χ0n) is 17.9. The largest absolute Gasteiger partial charge is 0.407 e. The van der Waals surface area contributed by atoms with Gasteiger partial charge in [0.2, 0.25) is 15.9 Å². The summed E-state index contributed by atoms with van der Waals surface area (Å²) < 4.78 is 37.5. The number of morpholine rings is 1. The molecule has 1 aliphatic rings. The number of carbonyl (C=O) groups is 1. The molecule has 9 nitrogen and oxygen atoms in total. The lowest BCUT2D eigenvalue weighted by molar-refractivity contribution is 0.0730. The van der Waals surface area contributed by atoms with Crippen LogP contribution in [0.3, 0.4) is 0 Å². The first-order valence-corrected chi connectivity index (χ1v) is 11.6. The molecular formula is C22H24N4O5S. The number of aromatic nitrogens is 2. The molecule has 1 aromatic heterocycles. The first-order valence-electron chi connectivity index (χ1n) is 10.2. The molecule has 10 heteroatoms. The molecule has 2 aromatic carbocycles. The molecule has 0 aliphatic carbocycles.